The number of H-pyrrole nitrogens is 1. The molecule has 0 saturated carbocycles. The number of nitrogens with two attached hydrogens (primary N) is 1. The first-order chi connectivity index (χ1) is 8.59. The highest BCUT2D eigenvalue weighted by atomic mass is 79.9. The third kappa shape index (κ3) is 1.51. The molecule has 0 aliphatic carbocycles. The molecule has 0 aliphatic rings. The highest BCUT2D eigenvalue weighted by Crippen LogP contribution is 2.34. The van der Waals surface area contributed by atoms with Crippen LogP contribution >= 0.6 is 27.5 Å². The van der Waals surface area contributed by atoms with Gasteiger partial charge >= 0.3 is 0 Å². The van der Waals surface area contributed by atoms with Gasteiger partial charge in [-0.05, 0) is 22.0 Å². The number of fused-ring (bicyclic) bond motifs is 3. The number of primary amides is 1. The molecule has 18 heavy (non-hydrogen) atoms. The molecule has 6 heteroatoms. The molecule has 3 aromatic rings. The zero-order valence-corrected chi connectivity index (χ0v) is 11.3. The van der Waals surface area contributed by atoms with Crippen LogP contribution in [0.3, 0.4) is 0 Å². The lowest BCUT2D eigenvalue weighted by Crippen LogP contribution is -2.13. The molecule has 2 heterocycles. The molecular formula is C12H7BrClN3O. The van der Waals surface area contributed by atoms with E-state index in [9.17, 15) is 4.79 Å². The van der Waals surface area contributed by atoms with Gasteiger partial charge in [0.25, 0.3) is 5.91 Å². The summed E-state index contributed by atoms with van der Waals surface area (Å²) in [4.78, 5) is 18.8. The number of aromatic nitrogens is 2. The van der Waals surface area contributed by atoms with Crippen LogP contribution in [0, 0.1) is 0 Å². The number of hydrogen-bond acceptors (Lipinski definition) is 2. The molecular weight excluding hydrogens is 318 g/mol. The summed E-state index contributed by atoms with van der Waals surface area (Å²) in [5.74, 6) is -0.553. The van der Waals surface area contributed by atoms with Crippen molar-refractivity contribution in [1.82, 2.24) is 9.97 Å². The predicted octanol–water partition coefficient (Wildman–Crippen LogP) is 3.23. The van der Waals surface area contributed by atoms with Crippen LogP contribution in [0.5, 0.6) is 0 Å². The van der Waals surface area contributed by atoms with Crippen molar-refractivity contribution in [3.8, 4) is 0 Å². The SMILES string of the molecule is NC(=O)c1c(Br)nc(Cl)c2c1[nH]c1ccccc12. The monoisotopic (exact) mass is 323 g/mol. The molecule has 4 nitrogen and oxygen atoms in total. The van der Waals surface area contributed by atoms with Crippen molar-refractivity contribution >= 4 is 55.2 Å². The Morgan fingerprint density at radius 1 is 1.39 bits per heavy atom. The second-order valence-electron chi connectivity index (χ2n) is 3.85. The molecule has 3 N–H and O–H groups in total. The molecule has 0 fully saturated rings. The van der Waals surface area contributed by atoms with Crippen LogP contribution in [-0.4, -0.2) is 15.9 Å². The van der Waals surface area contributed by atoms with Crippen molar-refractivity contribution < 1.29 is 4.79 Å². The average molecular weight is 325 g/mol. The molecule has 0 aliphatic heterocycles. The van der Waals surface area contributed by atoms with Crippen LogP contribution in [0.15, 0.2) is 28.9 Å². The topological polar surface area (TPSA) is 71.8 Å². The Labute approximate surface area is 115 Å². The predicted molar refractivity (Wildman–Crippen MR) is 74.8 cm³/mol. The van der Waals surface area contributed by atoms with Gasteiger partial charge < -0.3 is 10.7 Å². The van der Waals surface area contributed by atoms with Gasteiger partial charge in [-0.25, -0.2) is 4.98 Å². The standard InChI is InChI=1S/C12H7BrClN3O/c13-10-8(12(15)18)9-7(11(14)17-10)5-3-1-2-4-6(5)16-9/h1-4,16H,(H2,15,18). The second-order valence-corrected chi connectivity index (χ2v) is 4.96. The molecule has 1 aromatic carbocycles. The maximum absolute atomic E-state index is 11.5. The Morgan fingerprint density at radius 2 is 2.11 bits per heavy atom. The minimum atomic E-state index is -0.553. The maximum Gasteiger partial charge on any atom is 0.253 e. The van der Waals surface area contributed by atoms with Crippen molar-refractivity contribution in [2.24, 2.45) is 5.73 Å². The zero-order chi connectivity index (χ0) is 12.9. The number of nitrogens with one attached hydrogen (secondary N) is 1. The number of nitrogens with zero attached hydrogens (tertiary/aromatic N) is 1. The summed E-state index contributed by atoms with van der Waals surface area (Å²) in [6, 6.07) is 7.63. The number of para-hydroxylation sites is 1. The van der Waals surface area contributed by atoms with Crippen molar-refractivity contribution in [1.29, 1.82) is 0 Å². The van der Waals surface area contributed by atoms with Gasteiger partial charge in [-0.1, -0.05) is 29.8 Å². The number of pyridine rings is 1. The van der Waals surface area contributed by atoms with Gasteiger partial charge in [0.15, 0.2) is 0 Å². The Bertz CT molecular complexity index is 797. The van der Waals surface area contributed by atoms with Crippen LogP contribution < -0.4 is 5.73 Å². The van der Waals surface area contributed by atoms with Crippen LogP contribution in [-0.2, 0) is 0 Å². The minimum absolute atomic E-state index is 0.311. The molecule has 3 rings (SSSR count). The molecule has 0 bridgehead atoms. The third-order valence-corrected chi connectivity index (χ3v) is 3.66. The smallest absolute Gasteiger partial charge is 0.253 e. The summed E-state index contributed by atoms with van der Waals surface area (Å²) in [6.45, 7) is 0. The van der Waals surface area contributed by atoms with Gasteiger partial charge in [0.2, 0.25) is 0 Å². The molecule has 1 amide bonds. The lowest BCUT2D eigenvalue weighted by Gasteiger charge is -2.03. The Morgan fingerprint density at radius 3 is 2.83 bits per heavy atom. The molecule has 0 radical (unpaired) electrons. The first-order valence-corrected chi connectivity index (χ1v) is 6.32. The summed E-state index contributed by atoms with van der Waals surface area (Å²) in [5, 5.41) is 1.96. The van der Waals surface area contributed by atoms with Crippen molar-refractivity contribution in [2.45, 2.75) is 0 Å². The lowest BCUT2D eigenvalue weighted by atomic mass is 10.1. The summed E-state index contributed by atoms with van der Waals surface area (Å²) >= 11 is 9.36. The lowest BCUT2D eigenvalue weighted by molar-refractivity contribution is 0.100. The number of halogens is 2. The van der Waals surface area contributed by atoms with E-state index in [0.717, 1.165) is 10.9 Å². The van der Waals surface area contributed by atoms with Crippen LogP contribution in [0.4, 0.5) is 0 Å². The zero-order valence-electron chi connectivity index (χ0n) is 9.00. The largest absolute Gasteiger partial charge is 0.365 e. The van der Waals surface area contributed by atoms with E-state index in [4.69, 9.17) is 17.3 Å². The van der Waals surface area contributed by atoms with Gasteiger partial charge in [0, 0.05) is 16.3 Å². The fourth-order valence-electron chi connectivity index (χ4n) is 2.07. The number of rotatable bonds is 1. The highest BCUT2D eigenvalue weighted by molar-refractivity contribution is 9.10. The molecule has 0 unspecified atom stereocenters. The summed E-state index contributed by atoms with van der Waals surface area (Å²) in [5.41, 5.74) is 7.18. The summed E-state index contributed by atoms with van der Waals surface area (Å²) in [7, 11) is 0. The van der Waals surface area contributed by atoms with E-state index in [1.807, 2.05) is 24.3 Å². The fourth-order valence-corrected chi connectivity index (χ4v) is 3.02. The third-order valence-electron chi connectivity index (χ3n) is 2.81. The Kier molecular flexibility index (Phi) is 2.53. The number of carbonyl (C=O) groups is 1. The van der Waals surface area contributed by atoms with Gasteiger partial charge in [-0.3, -0.25) is 4.79 Å². The van der Waals surface area contributed by atoms with Gasteiger partial charge in [0.1, 0.15) is 9.76 Å². The minimum Gasteiger partial charge on any atom is -0.365 e. The number of amides is 1. The molecule has 0 saturated heterocycles. The summed E-state index contributed by atoms with van der Waals surface area (Å²) in [6.07, 6.45) is 0. The fraction of sp³-hybridized carbons (Fsp3) is 0. The van der Waals surface area contributed by atoms with Crippen molar-refractivity contribution in [3.63, 3.8) is 0 Å². The maximum atomic E-state index is 11.5. The first kappa shape index (κ1) is 11.5. The van der Waals surface area contributed by atoms with Crippen molar-refractivity contribution in [3.05, 3.63) is 39.6 Å². The summed E-state index contributed by atoms with van der Waals surface area (Å²) < 4.78 is 0.346. The van der Waals surface area contributed by atoms with E-state index < -0.39 is 5.91 Å². The Hall–Kier alpha value is -1.59. The normalized spacial score (nSPS) is 11.2. The first-order valence-electron chi connectivity index (χ1n) is 5.15. The van der Waals surface area contributed by atoms with E-state index in [-0.39, 0.29) is 0 Å². The van der Waals surface area contributed by atoms with Gasteiger partial charge in [-0.2, -0.15) is 0 Å². The quantitative estimate of drug-likeness (QED) is 0.675. The number of benzene rings is 1. The van der Waals surface area contributed by atoms with Gasteiger partial charge in [-0.15, -0.1) is 0 Å². The highest BCUT2D eigenvalue weighted by Gasteiger charge is 2.19. The van der Waals surface area contributed by atoms with Crippen LogP contribution in [0.1, 0.15) is 10.4 Å². The molecule has 2 aromatic heterocycles. The van der Waals surface area contributed by atoms with E-state index >= 15 is 0 Å². The number of hydrogen-bond donors (Lipinski definition) is 2. The van der Waals surface area contributed by atoms with Crippen molar-refractivity contribution in [2.75, 3.05) is 0 Å². The van der Waals surface area contributed by atoms with E-state index in [0.29, 0.717) is 26.2 Å². The second kappa shape index (κ2) is 3.96. The number of carbonyl (C=O) groups excluding carboxylic acids is 1. The molecule has 90 valence electrons. The van der Waals surface area contributed by atoms with E-state index in [1.54, 1.807) is 0 Å². The number of aromatic amines is 1. The molecule has 0 atom stereocenters. The van der Waals surface area contributed by atoms with E-state index in [2.05, 4.69) is 25.9 Å². The molecule has 0 spiro atoms. The van der Waals surface area contributed by atoms with E-state index in [1.165, 1.54) is 0 Å². The Balaban J connectivity index is 2.61. The van der Waals surface area contributed by atoms with Gasteiger partial charge in [0.05, 0.1) is 11.1 Å². The van der Waals surface area contributed by atoms with Crippen LogP contribution in [0.2, 0.25) is 5.15 Å². The van der Waals surface area contributed by atoms with Crippen LogP contribution in [0.25, 0.3) is 21.8 Å². The average Bonchev–Trinajstić information content (AvgIpc) is 2.66.